The number of nitro groups is 1. The summed E-state index contributed by atoms with van der Waals surface area (Å²) in [5.41, 5.74) is 7.83. The van der Waals surface area contributed by atoms with Crippen LogP contribution in [-0.2, 0) is 0 Å². The fourth-order valence-corrected chi connectivity index (χ4v) is 1.89. The lowest BCUT2D eigenvalue weighted by molar-refractivity contribution is -0.527. The normalized spacial score (nSPS) is 25.1. The Hall–Kier alpha value is -1.66. The first kappa shape index (κ1) is 12.4. The predicted octanol–water partition coefficient (Wildman–Crippen LogP) is 0.866. The van der Waals surface area contributed by atoms with Gasteiger partial charge in [-0.1, -0.05) is 0 Å². The van der Waals surface area contributed by atoms with Crippen molar-refractivity contribution < 1.29 is 9.72 Å². The van der Waals surface area contributed by atoms with Crippen molar-refractivity contribution in [3.8, 4) is 0 Å². The second kappa shape index (κ2) is 5.43. The highest BCUT2D eigenvalue weighted by atomic mass is 16.6. The number of nitrogens with one attached hydrogen (secondary N) is 1. The first-order valence-corrected chi connectivity index (χ1v) is 5.25. The maximum Gasteiger partial charge on any atom is 0.332 e. The van der Waals surface area contributed by atoms with Crippen LogP contribution < -0.4 is 11.2 Å². The summed E-state index contributed by atoms with van der Waals surface area (Å²) in [7, 11) is 0. The van der Waals surface area contributed by atoms with Crippen LogP contribution in [0.25, 0.3) is 0 Å². The van der Waals surface area contributed by atoms with Crippen LogP contribution >= 0.6 is 0 Å². The predicted molar refractivity (Wildman–Crippen MR) is 58.6 cm³/mol. The molecule has 0 heterocycles. The molecule has 0 radical (unpaired) electrons. The molecule has 0 aromatic heterocycles. The van der Waals surface area contributed by atoms with Crippen LogP contribution in [-0.4, -0.2) is 22.7 Å². The van der Waals surface area contributed by atoms with Crippen molar-refractivity contribution in [3.05, 3.63) is 10.1 Å². The van der Waals surface area contributed by atoms with Gasteiger partial charge >= 0.3 is 6.03 Å². The number of rotatable bonds is 3. The molecule has 0 saturated heterocycles. The summed E-state index contributed by atoms with van der Waals surface area (Å²) < 4.78 is 0. The van der Waals surface area contributed by atoms with Crippen molar-refractivity contribution in [1.29, 1.82) is 0 Å². The molecule has 2 amide bonds. The van der Waals surface area contributed by atoms with Crippen LogP contribution in [0.1, 0.15) is 32.6 Å². The smallest absolute Gasteiger partial charge is 0.332 e. The van der Waals surface area contributed by atoms with E-state index in [-0.39, 0.29) is 10.8 Å². The fourth-order valence-electron chi connectivity index (χ4n) is 1.89. The van der Waals surface area contributed by atoms with Crippen LogP contribution in [0.2, 0.25) is 0 Å². The number of amides is 2. The summed E-state index contributed by atoms with van der Waals surface area (Å²) in [6, 6.07) is -1.28. The molecular weight excluding hydrogens is 212 g/mol. The molecule has 1 aliphatic carbocycles. The van der Waals surface area contributed by atoms with Gasteiger partial charge in [0, 0.05) is 23.5 Å². The number of carbonyl (C=O) groups is 1. The van der Waals surface area contributed by atoms with E-state index in [1.807, 2.05) is 0 Å². The van der Waals surface area contributed by atoms with E-state index in [2.05, 4.69) is 10.5 Å². The van der Waals surface area contributed by atoms with E-state index in [9.17, 15) is 14.9 Å². The van der Waals surface area contributed by atoms with E-state index in [1.165, 1.54) is 0 Å². The minimum atomic E-state index is -0.711. The number of hydrazone groups is 1. The standard InChI is InChI=1S/C9H16N4O3/c1-6(13(15)16)7-3-2-4-8(5-7)11-12-9(10)14/h6-7H,2-5H2,1H3,(H3,10,12,14)/b11-8+. The van der Waals surface area contributed by atoms with Crippen LogP contribution in [0.3, 0.4) is 0 Å². The van der Waals surface area contributed by atoms with Gasteiger partial charge in [-0.05, 0) is 25.7 Å². The van der Waals surface area contributed by atoms with Gasteiger partial charge in [0.15, 0.2) is 0 Å². The van der Waals surface area contributed by atoms with Crippen molar-refractivity contribution in [2.24, 2.45) is 16.8 Å². The Morgan fingerprint density at radius 1 is 1.75 bits per heavy atom. The Morgan fingerprint density at radius 2 is 2.44 bits per heavy atom. The third-order valence-electron chi connectivity index (χ3n) is 2.88. The molecule has 3 N–H and O–H groups in total. The Morgan fingerprint density at radius 3 is 3.00 bits per heavy atom. The molecule has 1 rings (SSSR count). The minimum Gasteiger partial charge on any atom is -0.350 e. The van der Waals surface area contributed by atoms with Gasteiger partial charge in [0.2, 0.25) is 6.04 Å². The highest BCUT2D eigenvalue weighted by Gasteiger charge is 2.30. The molecule has 0 spiro atoms. The molecule has 7 heteroatoms. The average molecular weight is 228 g/mol. The number of primary amides is 1. The quantitative estimate of drug-likeness (QED) is 0.552. The largest absolute Gasteiger partial charge is 0.350 e. The number of nitrogens with zero attached hydrogens (tertiary/aromatic N) is 2. The van der Waals surface area contributed by atoms with Crippen molar-refractivity contribution in [2.45, 2.75) is 38.6 Å². The maximum absolute atomic E-state index is 10.6. The number of hydrogen-bond donors (Lipinski definition) is 2. The molecule has 16 heavy (non-hydrogen) atoms. The lowest BCUT2D eigenvalue weighted by Crippen LogP contribution is -2.32. The van der Waals surface area contributed by atoms with Crippen LogP contribution in [0.15, 0.2) is 5.10 Å². The van der Waals surface area contributed by atoms with E-state index in [0.29, 0.717) is 6.42 Å². The third-order valence-corrected chi connectivity index (χ3v) is 2.88. The minimum absolute atomic E-state index is 0.00261. The maximum atomic E-state index is 10.6. The third kappa shape index (κ3) is 3.48. The van der Waals surface area contributed by atoms with Gasteiger partial charge in [-0.2, -0.15) is 5.10 Å². The summed E-state index contributed by atoms with van der Waals surface area (Å²) in [5.74, 6) is -0.00261. The van der Waals surface area contributed by atoms with Crippen molar-refractivity contribution in [2.75, 3.05) is 0 Å². The highest BCUT2D eigenvalue weighted by Crippen LogP contribution is 2.26. The summed E-state index contributed by atoms with van der Waals surface area (Å²) in [5, 5.41) is 14.5. The van der Waals surface area contributed by atoms with Gasteiger partial charge in [0.1, 0.15) is 0 Å². The Labute approximate surface area is 93.2 Å². The second-order valence-corrected chi connectivity index (χ2v) is 4.04. The first-order valence-electron chi connectivity index (χ1n) is 5.25. The number of urea groups is 1. The molecule has 0 aliphatic heterocycles. The van der Waals surface area contributed by atoms with Crippen molar-refractivity contribution in [1.82, 2.24) is 5.43 Å². The topological polar surface area (TPSA) is 111 Å². The summed E-state index contributed by atoms with van der Waals surface area (Å²) in [4.78, 5) is 20.8. The average Bonchev–Trinajstić information content (AvgIpc) is 2.25. The Bertz CT molecular complexity index is 316. The van der Waals surface area contributed by atoms with Gasteiger partial charge in [0.05, 0.1) is 0 Å². The summed E-state index contributed by atoms with van der Waals surface area (Å²) in [6.07, 6.45) is 3.02. The monoisotopic (exact) mass is 228 g/mol. The molecule has 7 nitrogen and oxygen atoms in total. The molecule has 90 valence electrons. The van der Waals surface area contributed by atoms with Gasteiger partial charge in [-0.3, -0.25) is 10.1 Å². The first-order chi connectivity index (χ1) is 7.50. The molecule has 0 aromatic rings. The van der Waals surface area contributed by atoms with Crippen LogP contribution in [0.5, 0.6) is 0 Å². The van der Waals surface area contributed by atoms with Crippen LogP contribution in [0, 0.1) is 16.0 Å². The Kier molecular flexibility index (Phi) is 4.21. The lowest BCUT2D eigenvalue weighted by atomic mass is 9.83. The zero-order chi connectivity index (χ0) is 12.1. The van der Waals surface area contributed by atoms with Gasteiger partial charge in [-0.15, -0.1) is 0 Å². The molecule has 2 atom stereocenters. The SMILES string of the molecule is CC(C1CCC/C(=N\NC(N)=O)C1)[N+](=O)[O-]. The molecule has 1 fully saturated rings. The van der Waals surface area contributed by atoms with E-state index >= 15 is 0 Å². The lowest BCUT2D eigenvalue weighted by Gasteiger charge is -2.23. The van der Waals surface area contributed by atoms with Gasteiger partial charge in [-0.25, -0.2) is 10.2 Å². The highest BCUT2D eigenvalue weighted by molar-refractivity contribution is 5.86. The number of hydrogen-bond acceptors (Lipinski definition) is 4. The Balaban J connectivity index is 2.56. The molecule has 2 unspecified atom stereocenters. The number of nitrogens with two attached hydrogens (primary N) is 1. The molecule has 0 aromatic carbocycles. The molecular formula is C9H16N4O3. The van der Waals surface area contributed by atoms with Crippen LogP contribution in [0.4, 0.5) is 4.79 Å². The number of carbonyl (C=O) groups excluding carboxylic acids is 1. The second-order valence-electron chi connectivity index (χ2n) is 4.04. The van der Waals surface area contributed by atoms with Gasteiger partial charge < -0.3 is 5.73 Å². The van der Waals surface area contributed by atoms with E-state index in [4.69, 9.17) is 5.73 Å². The van der Waals surface area contributed by atoms with Gasteiger partial charge in [0.25, 0.3) is 0 Å². The van der Waals surface area contributed by atoms with E-state index in [0.717, 1.165) is 25.0 Å². The molecule has 1 saturated carbocycles. The summed E-state index contributed by atoms with van der Waals surface area (Å²) >= 11 is 0. The van der Waals surface area contributed by atoms with E-state index in [1.54, 1.807) is 6.92 Å². The molecule has 0 bridgehead atoms. The molecule has 1 aliphatic rings. The van der Waals surface area contributed by atoms with Crippen molar-refractivity contribution in [3.63, 3.8) is 0 Å². The fraction of sp³-hybridized carbons (Fsp3) is 0.778. The van der Waals surface area contributed by atoms with Crippen molar-refractivity contribution >= 4 is 11.7 Å². The summed E-state index contributed by atoms with van der Waals surface area (Å²) in [6.45, 7) is 1.61. The van der Waals surface area contributed by atoms with E-state index < -0.39 is 12.1 Å². The zero-order valence-electron chi connectivity index (χ0n) is 9.18. The zero-order valence-corrected chi connectivity index (χ0v) is 9.18.